The molecule has 3 heteroatoms. The van der Waals surface area contributed by atoms with Crippen molar-refractivity contribution in [3.63, 3.8) is 0 Å². The van der Waals surface area contributed by atoms with Gasteiger partial charge in [0.2, 0.25) is 0 Å². The van der Waals surface area contributed by atoms with Crippen LogP contribution in [-0.2, 0) is 4.79 Å². The summed E-state index contributed by atoms with van der Waals surface area (Å²) in [6, 6.07) is 0. The molecule has 0 aromatic rings. The number of fused-ring (bicyclic) bond motifs is 5. The number of aliphatic hydroxyl groups is 2. The molecule has 0 saturated heterocycles. The molecule has 0 aromatic heterocycles. The van der Waals surface area contributed by atoms with Gasteiger partial charge in [0.15, 0.2) is 5.78 Å². The maximum Gasteiger partial charge on any atom is 0.178 e. The minimum absolute atomic E-state index is 0.0543. The Labute approximate surface area is 143 Å². The van der Waals surface area contributed by atoms with E-state index in [2.05, 4.69) is 19.8 Å². The van der Waals surface area contributed by atoms with Gasteiger partial charge >= 0.3 is 0 Å². The Morgan fingerprint density at radius 1 is 1.33 bits per heavy atom. The number of terminal acetylenes is 1. The van der Waals surface area contributed by atoms with E-state index in [1.54, 1.807) is 12.2 Å². The molecule has 4 aliphatic carbocycles. The first kappa shape index (κ1) is 16.1. The SMILES string of the molecule is C#C[C@@]1(O)CC[C@H]2[C@@H]3CCC4=CC(=O)C=C[C@]4(C)[C@H]3[C@@H](O)C[C@@]21C. The van der Waals surface area contributed by atoms with Crippen LogP contribution >= 0.6 is 0 Å². The van der Waals surface area contributed by atoms with Gasteiger partial charge in [-0.05, 0) is 56.1 Å². The smallest absolute Gasteiger partial charge is 0.178 e. The van der Waals surface area contributed by atoms with Crippen LogP contribution in [0.3, 0.4) is 0 Å². The van der Waals surface area contributed by atoms with Gasteiger partial charge in [0.1, 0.15) is 5.60 Å². The lowest BCUT2D eigenvalue weighted by atomic mass is 9.46. The molecule has 0 aliphatic heterocycles. The highest BCUT2D eigenvalue weighted by Crippen LogP contribution is 2.66. The van der Waals surface area contributed by atoms with Gasteiger partial charge in [0.25, 0.3) is 0 Å². The molecule has 0 unspecified atom stereocenters. The van der Waals surface area contributed by atoms with E-state index in [1.165, 1.54) is 0 Å². The van der Waals surface area contributed by atoms with E-state index in [-0.39, 0.29) is 17.1 Å². The van der Waals surface area contributed by atoms with Crippen LogP contribution in [0.4, 0.5) is 0 Å². The van der Waals surface area contributed by atoms with Gasteiger partial charge in [-0.15, -0.1) is 6.42 Å². The van der Waals surface area contributed by atoms with Gasteiger partial charge in [-0.3, -0.25) is 4.79 Å². The first-order valence-corrected chi connectivity index (χ1v) is 9.08. The Morgan fingerprint density at radius 3 is 2.79 bits per heavy atom. The van der Waals surface area contributed by atoms with E-state index >= 15 is 0 Å². The van der Waals surface area contributed by atoms with Crippen molar-refractivity contribution in [3.8, 4) is 12.3 Å². The zero-order chi connectivity index (χ0) is 17.3. The van der Waals surface area contributed by atoms with Crippen LogP contribution in [0.1, 0.15) is 46.0 Å². The van der Waals surface area contributed by atoms with Crippen molar-refractivity contribution in [2.24, 2.45) is 28.6 Å². The number of rotatable bonds is 0. The fourth-order valence-electron chi connectivity index (χ4n) is 6.57. The second kappa shape index (κ2) is 4.84. The van der Waals surface area contributed by atoms with Gasteiger partial charge < -0.3 is 10.2 Å². The molecule has 3 nitrogen and oxygen atoms in total. The first-order valence-electron chi connectivity index (χ1n) is 9.08. The second-order valence-electron chi connectivity index (χ2n) is 8.76. The maximum absolute atomic E-state index is 11.8. The van der Waals surface area contributed by atoms with Gasteiger partial charge in [-0.2, -0.15) is 0 Å². The fourth-order valence-corrected chi connectivity index (χ4v) is 6.57. The van der Waals surface area contributed by atoms with Gasteiger partial charge in [-0.25, -0.2) is 0 Å². The predicted octanol–water partition coefficient (Wildman–Crippen LogP) is 2.63. The van der Waals surface area contributed by atoms with Crippen molar-refractivity contribution in [2.45, 2.75) is 57.7 Å². The number of hydrogen-bond acceptors (Lipinski definition) is 3. The van der Waals surface area contributed by atoms with Crippen molar-refractivity contribution in [1.82, 2.24) is 0 Å². The summed E-state index contributed by atoms with van der Waals surface area (Å²) < 4.78 is 0. The molecule has 24 heavy (non-hydrogen) atoms. The summed E-state index contributed by atoms with van der Waals surface area (Å²) in [4.78, 5) is 11.8. The highest BCUT2D eigenvalue weighted by molar-refractivity contribution is 6.01. The minimum Gasteiger partial charge on any atom is -0.393 e. The lowest BCUT2D eigenvalue weighted by Gasteiger charge is -2.59. The Morgan fingerprint density at radius 2 is 2.08 bits per heavy atom. The van der Waals surface area contributed by atoms with E-state index < -0.39 is 17.1 Å². The monoisotopic (exact) mass is 326 g/mol. The summed E-state index contributed by atoms with van der Waals surface area (Å²) in [5.74, 6) is 3.46. The molecule has 0 bridgehead atoms. The number of allylic oxidation sites excluding steroid dienone is 4. The molecule has 3 saturated carbocycles. The standard InChI is InChI=1S/C21H26O3/c1-4-21(24)10-8-16-15-6-5-13-11-14(22)7-9-19(13,2)18(15)17(23)12-20(16,21)3/h1,7,9,11,15-18,23-24H,5-6,8,10,12H2,2-3H3/t15-,16-,17-,18+,19-,20-,21+/m0/s1. The summed E-state index contributed by atoms with van der Waals surface area (Å²) in [5.41, 5.74) is -0.634. The molecule has 0 amide bonds. The quantitative estimate of drug-likeness (QED) is 0.673. The highest BCUT2D eigenvalue weighted by Gasteiger charge is 2.65. The molecular formula is C21H26O3. The van der Waals surface area contributed by atoms with Crippen LogP contribution in [0.5, 0.6) is 0 Å². The third-order valence-electron chi connectivity index (χ3n) is 7.89. The maximum atomic E-state index is 11.8. The molecule has 0 spiro atoms. The Bertz CT molecular complexity index is 698. The summed E-state index contributed by atoms with van der Waals surface area (Å²) in [6.45, 7) is 4.23. The number of carbonyl (C=O) groups excluding carboxylic acids is 1. The molecule has 128 valence electrons. The molecule has 4 rings (SSSR count). The lowest BCUT2D eigenvalue weighted by Crippen LogP contribution is -2.59. The van der Waals surface area contributed by atoms with Crippen LogP contribution in [0.25, 0.3) is 0 Å². The molecule has 0 radical (unpaired) electrons. The van der Waals surface area contributed by atoms with E-state index in [0.29, 0.717) is 24.7 Å². The number of ketones is 1. The molecule has 3 fully saturated rings. The van der Waals surface area contributed by atoms with Crippen LogP contribution in [0.15, 0.2) is 23.8 Å². The normalized spacial score (nSPS) is 52.8. The van der Waals surface area contributed by atoms with Gasteiger partial charge in [0.05, 0.1) is 6.10 Å². The highest BCUT2D eigenvalue weighted by atomic mass is 16.3. The van der Waals surface area contributed by atoms with Gasteiger partial charge in [0, 0.05) is 16.7 Å². The summed E-state index contributed by atoms with van der Waals surface area (Å²) in [7, 11) is 0. The fraction of sp³-hybridized carbons (Fsp3) is 0.667. The van der Waals surface area contributed by atoms with Crippen LogP contribution in [0.2, 0.25) is 0 Å². The van der Waals surface area contributed by atoms with E-state index in [9.17, 15) is 15.0 Å². The average Bonchev–Trinajstić information content (AvgIpc) is 2.79. The van der Waals surface area contributed by atoms with Crippen molar-refractivity contribution < 1.29 is 15.0 Å². The summed E-state index contributed by atoms with van der Waals surface area (Å²) >= 11 is 0. The molecule has 0 heterocycles. The number of aliphatic hydroxyl groups excluding tert-OH is 1. The van der Waals surface area contributed by atoms with Crippen molar-refractivity contribution >= 4 is 5.78 Å². The third-order valence-corrected chi connectivity index (χ3v) is 7.89. The average molecular weight is 326 g/mol. The van der Waals surface area contributed by atoms with E-state index in [0.717, 1.165) is 24.8 Å². The summed E-state index contributed by atoms with van der Waals surface area (Å²) in [5, 5.41) is 22.1. The van der Waals surface area contributed by atoms with E-state index in [1.807, 2.05) is 6.08 Å². The van der Waals surface area contributed by atoms with Crippen molar-refractivity contribution in [3.05, 3.63) is 23.8 Å². The number of hydrogen-bond donors (Lipinski definition) is 2. The topological polar surface area (TPSA) is 57.5 Å². The zero-order valence-electron chi connectivity index (χ0n) is 14.5. The van der Waals surface area contributed by atoms with Crippen LogP contribution in [-0.4, -0.2) is 27.7 Å². The largest absolute Gasteiger partial charge is 0.393 e. The van der Waals surface area contributed by atoms with E-state index in [4.69, 9.17) is 6.42 Å². The predicted molar refractivity (Wildman–Crippen MR) is 91.8 cm³/mol. The zero-order valence-corrected chi connectivity index (χ0v) is 14.5. The first-order chi connectivity index (χ1) is 11.2. The Kier molecular flexibility index (Phi) is 3.25. The molecule has 0 aromatic carbocycles. The lowest BCUT2D eigenvalue weighted by molar-refractivity contribution is -0.146. The van der Waals surface area contributed by atoms with Gasteiger partial charge in [-0.1, -0.05) is 31.4 Å². The van der Waals surface area contributed by atoms with Crippen molar-refractivity contribution in [2.75, 3.05) is 0 Å². The Balaban J connectivity index is 1.77. The Hall–Kier alpha value is -1.37. The summed E-state index contributed by atoms with van der Waals surface area (Å²) in [6.07, 6.45) is 14.5. The molecule has 7 atom stereocenters. The third kappa shape index (κ3) is 1.79. The van der Waals surface area contributed by atoms with Crippen LogP contribution in [0, 0.1) is 40.9 Å². The van der Waals surface area contributed by atoms with Crippen molar-refractivity contribution in [1.29, 1.82) is 0 Å². The number of carbonyl (C=O) groups is 1. The molecular weight excluding hydrogens is 300 g/mol. The molecule has 4 aliphatic rings. The second-order valence-corrected chi connectivity index (χ2v) is 8.76. The minimum atomic E-state index is -1.11. The van der Waals surface area contributed by atoms with Crippen LogP contribution < -0.4 is 0 Å². The molecule has 2 N–H and O–H groups in total.